The van der Waals surface area contributed by atoms with Crippen molar-refractivity contribution >= 4 is 15.9 Å². The Kier molecular flexibility index (Phi) is 6.16. The van der Waals surface area contributed by atoms with Crippen LogP contribution < -0.4 is 11.2 Å². The molecule has 0 bridgehead atoms. The molecule has 10 heteroatoms. The Morgan fingerprint density at radius 2 is 2.09 bits per heavy atom. The van der Waals surface area contributed by atoms with Crippen molar-refractivity contribution < 1.29 is 14.9 Å². The molecular formula is C13H15BrN4O5. The van der Waals surface area contributed by atoms with E-state index in [9.17, 15) is 14.7 Å². The van der Waals surface area contributed by atoms with Gasteiger partial charge in [0.2, 0.25) is 0 Å². The Hall–Kier alpha value is -1.88. The fourth-order valence-corrected chi connectivity index (χ4v) is 2.30. The van der Waals surface area contributed by atoms with Crippen molar-refractivity contribution in [3.63, 3.8) is 0 Å². The van der Waals surface area contributed by atoms with Crippen molar-refractivity contribution in [3.8, 4) is 0 Å². The lowest BCUT2D eigenvalue weighted by Crippen LogP contribution is -2.32. The molecule has 1 aliphatic heterocycles. The van der Waals surface area contributed by atoms with Gasteiger partial charge in [0.15, 0.2) is 0 Å². The van der Waals surface area contributed by atoms with Crippen molar-refractivity contribution in [2.24, 2.45) is 0 Å². The number of hydrogen-bond donors (Lipinski definition) is 3. The number of halogens is 1. The Balaban J connectivity index is 0.000000268. The summed E-state index contributed by atoms with van der Waals surface area (Å²) >= 11 is 3.00. The van der Waals surface area contributed by atoms with Crippen LogP contribution in [0.2, 0.25) is 0 Å². The molecule has 0 aromatic carbocycles. The molecule has 3 N–H and O–H groups in total. The molecule has 2 aromatic heterocycles. The largest absolute Gasteiger partial charge is 0.394 e. The van der Waals surface area contributed by atoms with Crippen molar-refractivity contribution in [1.82, 2.24) is 19.5 Å². The van der Waals surface area contributed by atoms with E-state index in [2.05, 4.69) is 30.9 Å². The van der Waals surface area contributed by atoms with Gasteiger partial charge < -0.3 is 14.9 Å². The number of rotatable bonds is 2. The van der Waals surface area contributed by atoms with E-state index in [1.54, 1.807) is 18.5 Å². The molecule has 3 atom stereocenters. The minimum atomic E-state index is -0.831. The topological polar surface area (TPSA) is 130 Å². The molecule has 3 heterocycles. The summed E-state index contributed by atoms with van der Waals surface area (Å²) in [6.07, 6.45) is 4.13. The van der Waals surface area contributed by atoms with E-state index in [-0.39, 0.29) is 17.5 Å². The van der Waals surface area contributed by atoms with Gasteiger partial charge >= 0.3 is 5.69 Å². The first-order valence-corrected chi connectivity index (χ1v) is 7.47. The van der Waals surface area contributed by atoms with Crippen LogP contribution in [-0.4, -0.2) is 48.5 Å². The second-order valence-electron chi connectivity index (χ2n) is 4.66. The highest BCUT2D eigenvalue weighted by atomic mass is 79.9. The van der Waals surface area contributed by atoms with Crippen LogP contribution in [0.25, 0.3) is 0 Å². The number of nitrogens with zero attached hydrogens (tertiary/aromatic N) is 3. The highest BCUT2D eigenvalue weighted by molar-refractivity contribution is 9.10. The van der Waals surface area contributed by atoms with Crippen LogP contribution in [0.4, 0.5) is 0 Å². The SMILES string of the molecule is O=c1[nH]c(=O)n([C@H]2C[C@H](O)[C@@H](CO)O2)cc1Br.c1cncnc1. The van der Waals surface area contributed by atoms with Gasteiger partial charge in [-0.2, -0.15) is 0 Å². The number of H-pyrrole nitrogens is 1. The van der Waals surface area contributed by atoms with Crippen molar-refractivity contribution in [1.29, 1.82) is 0 Å². The Morgan fingerprint density at radius 1 is 1.39 bits per heavy atom. The minimum Gasteiger partial charge on any atom is -0.394 e. The zero-order chi connectivity index (χ0) is 16.8. The van der Waals surface area contributed by atoms with Gasteiger partial charge in [-0.15, -0.1) is 0 Å². The highest BCUT2D eigenvalue weighted by Crippen LogP contribution is 2.27. The number of hydrogen-bond acceptors (Lipinski definition) is 7. The molecule has 1 fully saturated rings. The van der Waals surface area contributed by atoms with E-state index in [0.717, 1.165) is 0 Å². The molecule has 0 spiro atoms. The molecule has 0 radical (unpaired) electrons. The zero-order valence-electron chi connectivity index (χ0n) is 11.9. The Morgan fingerprint density at radius 3 is 2.57 bits per heavy atom. The number of aromatic nitrogens is 4. The number of ether oxygens (including phenoxy) is 1. The predicted octanol–water partition coefficient (Wildman–Crippen LogP) is -0.584. The van der Waals surface area contributed by atoms with E-state index in [0.29, 0.717) is 0 Å². The van der Waals surface area contributed by atoms with Crippen molar-refractivity contribution in [2.75, 3.05) is 6.61 Å². The molecular weight excluding hydrogens is 372 g/mol. The van der Waals surface area contributed by atoms with E-state index in [1.807, 2.05) is 0 Å². The molecule has 0 aliphatic carbocycles. The average Bonchev–Trinajstić information content (AvgIpc) is 2.94. The maximum Gasteiger partial charge on any atom is 0.330 e. The maximum atomic E-state index is 11.5. The predicted molar refractivity (Wildman–Crippen MR) is 82.7 cm³/mol. The number of aliphatic hydroxyl groups is 2. The van der Waals surface area contributed by atoms with Gasteiger partial charge in [-0.3, -0.25) is 14.3 Å². The summed E-state index contributed by atoms with van der Waals surface area (Å²) in [5.74, 6) is 0. The molecule has 1 saturated heterocycles. The standard InChI is InChI=1S/C9H11BrN2O5.C4H4N2/c10-4-2-12(9(16)11-8(4)15)7-1-5(14)6(3-13)17-7;1-2-5-4-6-3-1/h2,5-7,13-14H,1,3H2,(H,11,15,16);1-4H/t5-,6+,7+;/m0./s1. The van der Waals surface area contributed by atoms with Gasteiger partial charge in [0.1, 0.15) is 18.7 Å². The van der Waals surface area contributed by atoms with Crippen LogP contribution in [0.1, 0.15) is 12.6 Å². The molecule has 23 heavy (non-hydrogen) atoms. The van der Waals surface area contributed by atoms with Gasteiger partial charge in [-0.05, 0) is 22.0 Å². The van der Waals surface area contributed by atoms with Gasteiger partial charge in [0.25, 0.3) is 5.56 Å². The smallest absolute Gasteiger partial charge is 0.330 e. The molecule has 124 valence electrons. The third-order valence-corrected chi connectivity index (χ3v) is 3.66. The minimum absolute atomic E-state index is 0.184. The lowest BCUT2D eigenvalue weighted by molar-refractivity contribution is -0.0459. The normalized spacial score (nSPS) is 23.2. The summed E-state index contributed by atoms with van der Waals surface area (Å²) in [5, 5.41) is 18.5. The average molecular weight is 387 g/mol. The van der Waals surface area contributed by atoms with Crippen molar-refractivity contribution in [3.05, 3.63) is 56.3 Å². The monoisotopic (exact) mass is 386 g/mol. The summed E-state index contributed by atoms with van der Waals surface area (Å²) in [6.45, 7) is -0.322. The lowest BCUT2D eigenvalue weighted by atomic mass is 10.2. The Bertz CT molecular complexity index is 708. The fraction of sp³-hybridized carbons (Fsp3) is 0.385. The van der Waals surface area contributed by atoms with Crippen molar-refractivity contribution in [2.45, 2.75) is 24.9 Å². The summed E-state index contributed by atoms with van der Waals surface area (Å²) in [7, 11) is 0. The van der Waals surface area contributed by atoms with Gasteiger partial charge in [0, 0.05) is 25.0 Å². The van der Waals surface area contributed by atoms with E-state index in [1.165, 1.54) is 17.1 Å². The molecule has 0 saturated carbocycles. The maximum absolute atomic E-state index is 11.5. The summed E-state index contributed by atoms with van der Waals surface area (Å²) < 4.78 is 6.67. The van der Waals surface area contributed by atoms with Gasteiger partial charge in [-0.1, -0.05) is 0 Å². The summed E-state index contributed by atoms with van der Waals surface area (Å²) in [5.41, 5.74) is -1.14. The third kappa shape index (κ3) is 4.55. The van der Waals surface area contributed by atoms with Crippen LogP contribution in [0, 0.1) is 0 Å². The van der Waals surface area contributed by atoms with Crippen LogP contribution >= 0.6 is 15.9 Å². The Labute approximate surface area is 138 Å². The van der Waals surface area contributed by atoms with Gasteiger partial charge in [0.05, 0.1) is 17.2 Å². The van der Waals surface area contributed by atoms with E-state index < -0.39 is 29.7 Å². The van der Waals surface area contributed by atoms with E-state index >= 15 is 0 Å². The van der Waals surface area contributed by atoms with Gasteiger partial charge in [-0.25, -0.2) is 14.8 Å². The van der Waals surface area contributed by atoms with Crippen LogP contribution in [0.5, 0.6) is 0 Å². The van der Waals surface area contributed by atoms with Crippen LogP contribution in [-0.2, 0) is 4.74 Å². The molecule has 1 aliphatic rings. The molecule has 3 rings (SSSR count). The first kappa shape index (κ1) is 17.5. The lowest BCUT2D eigenvalue weighted by Gasteiger charge is -2.14. The number of nitrogens with one attached hydrogen (secondary N) is 1. The first-order valence-electron chi connectivity index (χ1n) is 6.68. The summed E-state index contributed by atoms with van der Waals surface area (Å²) in [6, 6.07) is 1.78. The number of aliphatic hydroxyl groups excluding tert-OH is 2. The highest BCUT2D eigenvalue weighted by Gasteiger charge is 2.35. The first-order chi connectivity index (χ1) is 11.0. The quantitative estimate of drug-likeness (QED) is 0.628. The van der Waals surface area contributed by atoms with Crippen LogP contribution in [0.3, 0.4) is 0 Å². The fourth-order valence-electron chi connectivity index (χ4n) is 1.98. The number of aromatic amines is 1. The van der Waals surface area contributed by atoms with E-state index in [4.69, 9.17) is 9.84 Å². The molecule has 0 amide bonds. The molecule has 9 nitrogen and oxygen atoms in total. The zero-order valence-corrected chi connectivity index (χ0v) is 13.5. The third-order valence-electron chi connectivity index (χ3n) is 3.10. The molecule has 2 aromatic rings. The second kappa shape index (κ2) is 8.11. The summed E-state index contributed by atoms with van der Waals surface area (Å²) in [4.78, 5) is 32.1. The molecule has 0 unspecified atom stereocenters. The second-order valence-corrected chi connectivity index (χ2v) is 5.52. The van der Waals surface area contributed by atoms with Crippen LogP contribution in [0.15, 0.2) is 45.0 Å².